The predicted molar refractivity (Wildman–Crippen MR) is 96.9 cm³/mol. The standard InChI is InChI=1S/C18H25N3O6/c1-12(2)20-18(25)19-9-13-5-7-14(8-6-13)17(24)27-11-15(22)21(3)10-16(23)26-4/h5-8,12H,9-11H2,1-4H3,(H2,19,20,25). The molecule has 0 aliphatic rings. The second kappa shape index (κ2) is 10.8. The van der Waals surface area contributed by atoms with E-state index in [9.17, 15) is 19.2 Å². The first-order chi connectivity index (χ1) is 12.7. The van der Waals surface area contributed by atoms with Gasteiger partial charge >= 0.3 is 18.0 Å². The minimum absolute atomic E-state index is 0.0384. The summed E-state index contributed by atoms with van der Waals surface area (Å²) in [4.78, 5) is 47.5. The van der Waals surface area contributed by atoms with Crippen molar-refractivity contribution in [3.63, 3.8) is 0 Å². The minimum Gasteiger partial charge on any atom is -0.468 e. The molecule has 0 heterocycles. The zero-order valence-electron chi connectivity index (χ0n) is 15.9. The first-order valence-electron chi connectivity index (χ1n) is 8.34. The molecule has 0 aromatic heterocycles. The number of hydrogen-bond acceptors (Lipinski definition) is 6. The molecule has 0 spiro atoms. The maximum atomic E-state index is 12.0. The molecule has 0 aliphatic heterocycles. The van der Waals surface area contributed by atoms with Crippen LogP contribution < -0.4 is 10.6 Å². The van der Waals surface area contributed by atoms with E-state index in [1.165, 1.54) is 14.2 Å². The molecule has 9 heteroatoms. The zero-order chi connectivity index (χ0) is 20.4. The van der Waals surface area contributed by atoms with E-state index >= 15 is 0 Å². The molecule has 0 aliphatic carbocycles. The second-order valence-electron chi connectivity index (χ2n) is 6.08. The number of nitrogens with zero attached hydrogens (tertiary/aromatic N) is 1. The number of likely N-dealkylation sites (N-methyl/N-ethyl adjacent to an activating group) is 1. The number of rotatable bonds is 8. The Kier molecular flexibility index (Phi) is 8.77. The molecule has 2 N–H and O–H groups in total. The Balaban J connectivity index is 2.46. The second-order valence-corrected chi connectivity index (χ2v) is 6.08. The number of nitrogens with one attached hydrogen (secondary N) is 2. The summed E-state index contributed by atoms with van der Waals surface area (Å²) in [5, 5.41) is 5.40. The molecule has 0 fully saturated rings. The SMILES string of the molecule is COC(=O)CN(C)C(=O)COC(=O)c1ccc(CNC(=O)NC(C)C)cc1. The molecular formula is C18H25N3O6. The zero-order valence-corrected chi connectivity index (χ0v) is 15.9. The third kappa shape index (κ3) is 8.21. The van der Waals surface area contributed by atoms with Crippen LogP contribution in [0, 0.1) is 0 Å². The Morgan fingerprint density at radius 2 is 1.74 bits per heavy atom. The maximum Gasteiger partial charge on any atom is 0.338 e. The van der Waals surface area contributed by atoms with Crippen molar-refractivity contribution in [3.05, 3.63) is 35.4 Å². The van der Waals surface area contributed by atoms with Crippen molar-refractivity contribution in [3.8, 4) is 0 Å². The van der Waals surface area contributed by atoms with Crippen molar-refractivity contribution in [2.75, 3.05) is 27.3 Å². The fourth-order valence-electron chi connectivity index (χ4n) is 1.92. The monoisotopic (exact) mass is 379 g/mol. The fourth-order valence-corrected chi connectivity index (χ4v) is 1.92. The number of hydrogen-bond donors (Lipinski definition) is 2. The van der Waals surface area contributed by atoms with Crippen LogP contribution >= 0.6 is 0 Å². The van der Waals surface area contributed by atoms with Crippen molar-refractivity contribution in [2.24, 2.45) is 0 Å². The quantitative estimate of drug-likeness (QED) is 0.642. The van der Waals surface area contributed by atoms with Gasteiger partial charge in [0.2, 0.25) is 0 Å². The van der Waals surface area contributed by atoms with Crippen molar-refractivity contribution < 1.29 is 28.7 Å². The van der Waals surface area contributed by atoms with Crippen molar-refractivity contribution >= 4 is 23.9 Å². The van der Waals surface area contributed by atoms with Crippen LogP contribution in [-0.4, -0.2) is 62.1 Å². The highest BCUT2D eigenvalue weighted by molar-refractivity contribution is 5.91. The minimum atomic E-state index is -0.660. The summed E-state index contributed by atoms with van der Waals surface area (Å²) < 4.78 is 9.41. The largest absolute Gasteiger partial charge is 0.468 e. The topological polar surface area (TPSA) is 114 Å². The smallest absolute Gasteiger partial charge is 0.338 e. The van der Waals surface area contributed by atoms with Crippen LogP contribution in [0.1, 0.15) is 29.8 Å². The van der Waals surface area contributed by atoms with Gasteiger partial charge in [0, 0.05) is 19.6 Å². The van der Waals surface area contributed by atoms with Crippen molar-refractivity contribution in [1.82, 2.24) is 15.5 Å². The maximum absolute atomic E-state index is 12.0. The van der Waals surface area contributed by atoms with Crippen molar-refractivity contribution in [2.45, 2.75) is 26.4 Å². The number of amides is 3. The van der Waals surface area contributed by atoms with Gasteiger partial charge in [-0.3, -0.25) is 9.59 Å². The average molecular weight is 379 g/mol. The highest BCUT2D eigenvalue weighted by Crippen LogP contribution is 2.06. The Morgan fingerprint density at radius 3 is 2.30 bits per heavy atom. The number of esters is 2. The first kappa shape index (κ1) is 21.9. The number of carbonyl (C=O) groups excluding carboxylic acids is 4. The van der Waals surface area contributed by atoms with E-state index in [-0.39, 0.29) is 24.2 Å². The van der Waals surface area contributed by atoms with E-state index in [1.807, 2.05) is 13.8 Å². The van der Waals surface area contributed by atoms with E-state index in [1.54, 1.807) is 24.3 Å². The summed E-state index contributed by atoms with van der Waals surface area (Å²) >= 11 is 0. The third-order valence-electron chi connectivity index (χ3n) is 3.41. The van der Waals surface area contributed by atoms with Crippen LogP contribution in [0.5, 0.6) is 0 Å². The van der Waals surface area contributed by atoms with E-state index in [0.717, 1.165) is 10.5 Å². The summed E-state index contributed by atoms with van der Waals surface area (Å²) in [6, 6.07) is 6.21. The molecule has 0 atom stereocenters. The summed E-state index contributed by atoms with van der Waals surface area (Å²) in [6.07, 6.45) is 0. The Morgan fingerprint density at radius 1 is 1.11 bits per heavy atom. The first-order valence-corrected chi connectivity index (χ1v) is 8.34. The van der Waals surface area contributed by atoms with E-state index in [2.05, 4.69) is 15.4 Å². The fraction of sp³-hybridized carbons (Fsp3) is 0.444. The molecule has 1 rings (SSSR count). The Hall–Kier alpha value is -3.10. The molecule has 0 radical (unpaired) electrons. The molecule has 148 valence electrons. The van der Waals surface area contributed by atoms with Gasteiger partial charge in [0.05, 0.1) is 12.7 Å². The number of carbonyl (C=O) groups is 4. The van der Waals surface area contributed by atoms with Gasteiger partial charge in [-0.1, -0.05) is 12.1 Å². The molecule has 0 bridgehead atoms. The Bertz CT molecular complexity index is 672. The number of urea groups is 1. The van der Waals surface area contributed by atoms with Crippen LogP contribution in [-0.2, 0) is 25.6 Å². The normalized spacial score (nSPS) is 10.1. The van der Waals surface area contributed by atoms with Crippen LogP contribution in [0.3, 0.4) is 0 Å². The lowest BCUT2D eigenvalue weighted by Crippen LogP contribution is -2.39. The highest BCUT2D eigenvalue weighted by atomic mass is 16.5. The van der Waals surface area contributed by atoms with Gasteiger partial charge in [-0.05, 0) is 31.5 Å². The molecule has 3 amide bonds. The summed E-state index contributed by atoms with van der Waals surface area (Å²) in [6.45, 7) is 3.32. The van der Waals surface area contributed by atoms with Gasteiger partial charge in [0.15, 0.2) is 6.61 Å². The van der Waals surface area contributed by atoms with Gasteiger partial charge in [-0.15, -0.1) is 0 Å². The lowest BCUT2D eigenvalue weighted by molar-refractivity contribution is -0.147. The molecule has 1 aromatic carbocycles. The predicted octanol–water partition coefficient (Wildman–Crippen LogP) is 0.682. The van der Waals surface area contributed by atoms with Crippen molar-refractivity contribution in [1.29, 1.82) is 0 Å². The molecular weight excluding hydrogens is 354 g/mol. The molecule has 9 nitrogen and oxygen atoms in total. The summed E-state index contributed by atoms with van der Waals surface area (Å²) in [7, 11) is 2.63. The van der Waals surface area contributed by atoms with Gasteiger partial charge in [-0.25, -0.2) is 9.59 Å². The molecule has 0 saturated carbocycles. The third-order valence-corrected chi connectivity index (χ3v) is 3.41. The molecule has 27 heavy (non-hydrogen) atoms. The number of benzene rings is 1. The average Bonchev–Trinajstić information content (AvgIpc) is 2.63. The molecule has 1 aromatic rings. The van der Waals surface area contributed by atoms with Crippen LogP contribution in [0.4, 0.5) is 4.79 Å². The van der Waals surface area contributed by atoms with Gasteiger partial charge in [0.25, 0.3) is 5.91 Å². The van der Waals surface area contributed by atoms with Crippen LogP contribution in [0.2, 0.25) is 0 Å². The Labute approximate surface area is 158 Å². The van der Waals surface area contributed by atoms with Crippen LogP contribution in [0.15, 0.2) is 24.3 Å². The van der Waals surface area contributed by atoms with E-state index < -0.39 is 24.5 Å². The summed E-state index contributed by atoms with van der Waals surface area (Å²) in [5.41, 5.74) is 1.08. The number of methoxy groups -OCH3 is 1. The lowest BCUT2D eigenvalue weighted by Gasteiger charge is -2.15. The highest BCUT2D eigenvalue weighted by Gasteiger charge is 2.16. The van der Waals surface area contributed by atoms with Crippen LogP contribution in [0.25, 0.3) is 0 Å². The number of ether oxygens (including phenoxy) is 2. The lowest BCUT2D eigenvalue weighted by atomic mass is 10.1. The van der Waals surface area contributed by atoms with Gasteiger partial charge in [0.1, 0.15) is 6.54 Å². The van der Waals surface area contributed by atoms with E-state index in [0.29, 0.717) is 6.54 Å². The van der Waals surface area contributed by atoms with E-state index in [4.69, 9.17) is 4.74 Å². The molecule has 0 unspecified atom stereocenters. The molecule has 0 saturated heterocycles. The van der Waals surface area contributed by atoms with Gasteiger partial charge < -0.3 is 25.0 Å². The van der Waals surface area contributed by atoms with Gasteiger partial charge in [-0.2, -0.15) is 0 Å². The summed E-state index contributed by atoms with van der Waals surface area (Å²) in [5.74, 6) is -1.75.